The van der Waals surface area contributed by atoms with Gasteiger partial charge in [0.05, 0.1) is 5.52 Å². The molecule has 0 aliphatic heterocycles. The fraction of sp³-hybridized carbons (Fsp3) is 0.0455. The summed E-state index contributed by atoms with van der Waals surface area (Å²) in [6.45, 7) is 0.544. The second-order valence-electron chi connectivity index (χ2n) is 5.98. The van der Waals surface area contributed by atoms with Crippen LogP contribution in [-0.4, -0.2) is 10.1 Å². The van der Waals surface area contributed by atoms with Crippen LogP contribution >= 0.6 is 0 Å². The predicted octanol–water partition coefficient (Wildman–Crippen LogP) is 5.26. The van der Waals surface area contributed by atoms with Gasteiger partial charge in [-0.25, -0.2) is 0 Å². The summed E-state index contributed by atoms with van der Waals surface area (Å²) in [6.07, 6.45) is 1.75. The summed E-state index contributed by atoms with van der Waals surface area (Å²) < 4.78 is 5.81. The third-order valence-corrected chi connectivity index (χ3v) is 4.11. The maximum atomic E-state index is 9.74. The Kier molecular flexibility index (Phi) is 4.39. The normalized spacial score (nSPS) is 10.6. The van der Waals surface area contributed by atoms with Crippen LogP contribution in [0.3, 0.4) is 0 Å². The van der Waals surface area contributed by atoms with Crippen LogP contribution in [-0.2, 0) is 6.61 Å². The molecule has 2 N–H and O–H groups in total. The lowest BCUT2D eigenvalue weighted by molar-refractivity contribution is 0.306. The Labute approximate surface area is 151 Å². The molecule has 4 heteroatoms. The largest absolute Gasteiger partial charge is 0.508 e. The van der Waals surface area contributed by atoms with Crippen molar-refractivity contribution < 1.29 is 9.84 Å². The number of hydrogen-bond acceptors (Lipinski definition) is 4. The van der Waals surface area contributed by atoms with E-state index in [0.29, 0.717) is 6.61 Å². The molecule has 0 aliphatic carbocycles. The number of benzene rings is 3. The number of anilines is 2. The molecule has 0 atom stereocenters. The Morgan fingerprint density at radius 3 is 2.50 bits per heavy atom. The lowest BCUT2D eigenvalue weighted by Crippen LogP contribution is -1.96. The predicted molar refractivity (Wildman–Crippen MR) is 104 cm³/mol. The van der Waals surface area contributed by atoms with Gasteiger partial charge in [0, 0.05) is 23.0 Å². The lowest BCUT2D eigenvalue weighted by Gasteiger charge is -2.11. The Balaban J connectivity index is 1.49. The van der Waals surface area contributed by atoms with Crippen LogP contribution in [0.25, 0.3) is 10.9 Å². The van der Waals surface area contributed by atoms with Crippen molar-refractivity contribution in [2.24, 2.45) is 0 Å². The monoisotopic (exact) mass is 342 g/mol. The van der Waals surface area contributed by atoms with Gasteiger partial charge < -0.3 is 15.2 Å². The van der Waals surface area contributed by atoms with E-state index < -0.39 is 0 Å². The fourth-order valence-electron chi connectivity index (χ4n) is 2.77. The standard InChI is InChI=1S/C22H18N2O2/c25-18-8-11-21-20(14-18)22(12-13-23-21)24-17-6-9-19(10-7-17)26-15-16-4-2-1-3-5-16/h1-14,25H,15H2,(H,23,24). The number of nitrogens with one attached hydrogen (secondary N) is 1. The van der Waals surface area contributed by atoms with E-state index in [0.717, 1.165) is 33.6 Å². The van der Waals surface area contributed by atoms with E-state index in [2.05, 4.69) is 10.3 Å². The number of fused-ring (bicyclic) bond motifs is 1. The summed E-state index contributed by atoms with van der Waals surface area (Å²) in [7, 11) is 0. The lowest BCUT2D eigenvalue weighted by atomic mass is 10.1. The van der Waals surface area contributed by atoms with E-state index in [1.165, 1.54) is 0 Å². The average molecular weight is 342 g/mol. The van der Waals surface area contributed by atoms with Crippen molar-refractivity contribution in [2.75, 3.05) is 5.32 Å². The van der Waals surface area contributed by atoms with Crippen molar-refractivity contribution in [1.29, 1.82) is 0 Å². The number of ether oxygens (including phenoxy) is 1. The molecule has 0 saturated carbocycles. The van der Waals surface area contributed by atoms with Crippen LogP contribution in [0, 0.1) is 0 Å². The van der Waals surface area contributed by atoms with Crippen molar-refractivity contribution in [1.82, 2.24) is 4.98 Å². The minimum absolute atomic E-state index is 0.221. The van der Waals surface area contributed by atoms with Gasteiger partial charge in [-0.15, -0.1) is 0 Å². The molecular formula is C22H18N2O2. The highest BCUT2D eigenvalue weighted by molar-refractivity contribution is 5.93. The second kappa shape index (κ2) is 7.15. The van der Waals surface area contributed by atoms with Gasteiger partial charge in [0.1, 0.15) is 18.1 Å². The van der Waals surface area contributed by atoms with Gasteiger partial charge in [-0.2, -0.15) is 0 Å². The molecule has 3 aromatic carbocycles. The van der Waals surface area contributed by atoms with Gasteiger partial charge in [0.2, 0.25) is 0 Å². The molecule has 0 spiro atoms. The molecule has 0 amide bonds. The first-order valence-electron chi connectivity index (χ1n) is 8.39. The molecule has 0 saturated heterocycles. The topological polar surface area (TPSA) is 54.4 Å². The second-order valence-corrected chi connectivity index (χ2v) is 5.98. The van der Waals surface area contributed by atoms with Crippen LogP contribution in [0.4, 0.5) is 11.4 Å². The summed E-state index contributed by atoms with van der Waals surface area (Å²) in [4.78, 5) is 4.32. The molecule has 1 heterocycles. The first kappa shape index (κ1) is 16.0. The Morgan fingerprint density at radius 2 is 1.69 bits per heavy atom. The zero-order valence-electron chi connectivity index (χ0n) is 14.1. The Bertz CT molecular complexity index is 1020. The number of aromatic hydroxyl groups is 1. The van der Waals surface area contributed by atoms with E-state index in [1.807, 2.05) is 60.7 Å². The van der Waals surface area contributed by atoms with Crippen LogP contribution in [0.1, 0.15) is 5.56 Å². The number of pyridine rings is 1. The van der Waals surface area contributed by atoms with Crippen molar-refractivity contribution in [2.45, 2.75) is 6.61 Å². The Morgan fingerprint density at radius 1 is 0.885 bits per heavy atom. The minimum atomic E-state index is 0.221. The molecule has 4 nitrogen and oxygen atoms in total. The summed E-state index contributed by atoms with van der Waals surface area (Å²) in [6, 6.07) is 24.9. The van der Waals surface area contributed by atoms with Crippen LogP contribution in [0.15, 0.2) is 85.1 Å². The molecule has 4 aromatic rings. The average Bonchev–Trinajstić information content (AvgIpc) is 2.69. The van der Waals surface area contributed by atoms with Gasteiger partial charge in [-0.1, -0.05) is 30.3 Å². The zero-order chi connectivity index (χ0) is 17.8. The number of aromatic nitrogens is 1. The highest BCUT2D eigenvalue weighted by Gasteiger charge is 2.04. The molecule has 128 valence electrons. The van der Waals surface area contributed by atoms with E-state index in [9.17, 15) is 5.11 Å². The maximum absolute atomic E-state index is 9.74. The molecule has 1 aromatic heterocycles. The molecular weight excluding hydrogens is 324 g/mol. The molecule has 4 rings (SSSR count). The number of nitrogens with zero attached hydrogens (tertiary/aromatic N) is 1. The van der Waals surface area contributed by atoms with Crippen LogP contribution < -0.4 is 10.1 Å². The molecule has 0 radical (unpaired) electrons. The van der Waals surface area contributed by atoms with E-state index in [4.69, 9.17) is 4.74 Å². The SMILES string of the molecule is Oc1ccc2nccc(Nc3ccc(OCc4ccccc4)cc3)c2c1. The van der Waals surface area contributed by atoms with Gasteiger partial charge in [0.15, 0.2) is 0 Å². The van der Waals surface area contributed by atoms with Gasteiger partial charge >= 0.3 is 0 Å². The molecule has 26 heavy (non-hydrogen) atoms. The van der Waals surface area contributed by atoms with E-state index in [-0.39, 0.29) is 5.75 Å². The Hall–Kier alpha value is -3.53. The van der Waals surface area contributed by atoms with Gasteiger partial charge in [-0.05, 0) is 54.1 Å². The van der Waals surface area contributed by atoms with Gasteiger partial charge in [0.25, 0.3) is 0 Å². The van der Waals surface area contributed by atoms with Crippen molar-refractivity contribution in [3.63, 3.8) is 0 Å². The quantitative estimate of drug-likeness (QED) is 0.519. The molecule has 0 unspecified atom stereocenters. The molecule has 0 aliphatic rings. The van der Waals surface area contributed by atoms with Crippen LogP contribution in [0.5, 0.6) is 11.5 Å². The van der Waals surface area contributed by atoms with Crippen molar-refractivity contribution in [3.8, 4) is 11.5 Å². The van der Waals surface area contributed by atoms with E-state index in [1.54, 1.807) is 24.4 Å². The zero-order valence-corrected chi connectivity index (χ0v) is 14.1. The minimum Gasteiger partial charge on any atom is -0.508 e. The fourth-order valence-corrected chi connectivity index (χ4v) is 2.77. The van der Waals surface area contributed by atoms with Crippen molar-refractivity contribution >= 4 is 22.3 Å². The van der Waals surface area contributed by atoms with Crippen LogP contribution in [0.2, 0.25) is 0 Å². The third kappa shape index (κ3) is 3.59. The molecule has 0 fully saturated rings. The first-order chi connectivity index (χ1) is 12.8. The number of phenolic OH excluding ortho intramolecular Hbond substituents is 1. The summed E-state index contributed by atoms with van der Waals surface area (Å²) in [5.41, 5.74) is 3.80. The smallest absolute Gasteiger partial charge is 0.119 e. The number of phenols is 1. The summed E-state index contributed by atoms with van der Waals surface area (Å²) >= 11 is 0. The highest BCUT2D eigenvalue weighted by Crippen LogP contribution is 2.28. The molecule has 0 bridgehead atoms. The first-order valence-corrected chi connectivity index (χ1v) is 8.39. The van der Waals surface area contributed by atoms with Gasteiger partial charge in [-0.3, -0.25) is 4.98 Å². The maximum Gasteiger partial charge on any atom is 0.119 e. The number of rotatable bonds is 5. The highest BCUT2D eigenvalue weighted by atomic mass is 16.5. The summed E-state index contributed by atoms with van der Waals surface area (Å²) in [5.74, 6) is 1.04. The number of hydrogen-bond donors (Lipinski definition) is 2. The van der Waals surface area contributed by atoms with Crippen molar-refractivity contribution in [3.05, 3.63) is 90.6 Å². The summed E-state index contributed by atoms with van der Waals surface area (Å²) in [5, 5.41) is 14.0. The third-order valence-electron chi connectivity index (χ3n) is 4.11. The van der Waals surface area contributed by atoms with E-state index >= 15 is 0 Å².